The number of nitrogen functional groups attached to an aromatic ring is 1. The molecular formula is C17H24N4O3. The number of anilines is 1. The number of piperidine rings is 1. The molecule has 1 aromatic heterocycles. The van der Waals surface area contributed by atoms with Crippen LogP contribution in [0.3, 0.4) is 0 Å². The van der Waals surface area contributed by atoms with Crippen molar-refractivity contribution in [3.8, 4) is 0 Å². The topological polar surface area (TPSA) is 88.8 Å². The van der Waals surface area contributed by atoms with Crippen LogP contribution in [0.2, 0.25) is 0 Å². The highest BCUT2D eigenvalue weighted by Crippen LogP contribution is 2.40. The summed E-state index contributed by atoms with van der Waals surface area (Å²) in [5, 5.41) is 0. The summed E-state index contributed by atoms with van der Waals surface area (Å²) >= 11 is 0. The number of hydrogen-bond donors (Lipinski definition) is 1. The first-order valence-corrected chi connectivity index (χ1v) is 8.35. The van der Waals surface area contributed by atoms with Gasteiger partial charge in [-0.1, -0.05) is 0 Å². The van der Waals surface area contributed by atoms with Crippen molar-refractivity contribution in [1.29, 1.82) is 0 Å². The maximum Gasteiger partial charge on any atom is 0.255 e. The first-order chi connectivity index (χ1) is 11.6. The number of ether oxygens (including phenoxy) is 1. The Balaban J connectivity index is 1.70. The van der Waals surface area contributed by atoms with Crippen molar-refractivity contribution < 1.29 is 14.3 Å². The molecule has 130 valence electrons. The van der Waals surface area contributed by atoms with Crippen LogP contribution < -0.4 is 5.73 Å². The first kappa shape index (κ1) is 16.7. The van der Waals surface area contributed by atoms with E-state index in [0.29, 0.717) is 37.6 Å². The average Bonchev–Trinajstić information content (AvgIpc) is 3.01. The zero-order valence-corrected chi connectivity index (χ0v) is 14.0. The Morgan fingerprint density at radius 2 is 2.21 bits per heavy atom. The molecule has 3 rings (SSSR count). The summed E-state index contributed by atoms with van der Waals surface area (Å²) in [4.78, 5) is 33.2. The van der Waals surface area contributed by atoms with Crippen LogP contribution in [0.1, 0.15) is 29.6 Å². The van der Waals surface area contributed by atoms with Crippen molar-refractivity contribution in [3.05, 3.63) is 23.9 Å². The molecule has 3 heterocycles. The van der Waals surface area contributed by atoms with E-state index in [4.69, 9.17) is 10.5 Å². The maximum atomic E-state index is 12.9. The number of amides is 2. The van der Waals surface area contributed by atoms with Crippen LogP contribution in [-0.2, 0) is 9.53 Å². The second kappa shape index (κ2) is 6.76. The number of rotatable bonds is 4. The van der Waals surface area contributed by atoms with Crippen LogP contribution >= 0.6 is 0 Å². The number of carbonyl (C=O) groups excluding carboxylic acids is 2. The lowest BCUT2D eigenvalue weighted by molar-refractivity contribution is -0.146. The molecule has 0 saturated carbocycles. The van der Waals surface area contributed by atoms with E-state index in [9.17, 15) is 9.59 Å². The van der Waals surface area contributed by atoms with Crippen LogP contribution in [0.4, 0.5) is 5.82 Å². The van der Waals surface area contributed by atoms with Crippen molar-refractivity contribution >= 4 is 17.6 Å². The second-order valence-electron chi connectivity index (χ2n) is 6.62. The molecule has 1 spiro atoms. The van der Waals surface area contributed by atoms with Gasteiger partial charge in [-0.15, -0.1) is 0 Å². The minimum atomic E-state index is -0.428. The molecule has 2 aliphatic rings. The molecule has 1 aromatic rings. The summed E-state index contributed by atoms with van der Waals surface area (Å²) in [5.41, 5.74) is 5.66. The minimum Gasteiger partial charge on any atom is -0.384 e. The molecule has 7 heteroatoms. The van der Waals surface area contributed by atoms with Crippen LogP contribution in [0, 0.1) is 5.41 Å². The van der Waals surface area contributed by atoms with Crippen LogP contribution in [-0.4, -0.2) is 66.5 Å². The smallest absolute Gasteiger partial charge is 0.255 e. The molecule has 0 unspecified atom stereocenters. The number of aromatic nitrogens is 1. The summed E-state index contributed by atoms with van der Waals surface area (Å²) in [7, 11) is 1.64. The zero-order valence-electron chi connectivity index (χ0n) is 14.0. The molecule has 24 heavy (non-hydrogen) atoms. The lowest BCUT2D eigenvalue weighted by Gasteiger charge is -2.39. The molecule has 0 radical (unpaired) electrons. The van der Waals surface area contributed by atoms with Crippen molar-refractivity contribution in [1.82, 2.24) is 14.8 Å². The first-order valence-electron chi connectivity index (χ1n) is 8.35. The molecule has 7 nitrogen and oxygen atoms in total. The molecule has 0 bridgehead atoms. The summed E-state index contributed by atoms with van der Waals surface area (Å²) in [6.07, 6.45) is 4.04. The monoisotopic (exact) mass is 332 g/mol. The van der Waals surface area contributed by atoms with Crippen molar-refractivity contribution in [2.75, 3.05) is 45.6 Å². The Hall–Kier alpha value is -2.15. The zero-order chi connectivity index (χ0) is 17.2. The van der Waals surface area contributed by atoms with E-state index < -0.39 is 5.41 Å². The predicted octanol–water partition coefficient (Wildman–Crippen LogP) is 0.765. The third-order valence-corrected chi connectivity index (χ3v) is 5.06. The van der Waals surface area contributed by atoms with Gasteiger partial charge in [-0.2, -0.15) is 0 Å². The van der Waals surface area contributed by atoms with Crippen molar-refractivity contribution in [3.63, 3.8) is 0 Å². The minimum absolute atomic E-state index is 0.0822. The molecule has 0 aliphatic carbocycles. The lowest BCUT2D eigenvalue weighted by atomic mass is 9.78. The molecule has 2 amide bonds. The van der Waals surface area contributed by atoms with E-state index in [1.54, 1.807) is 24.1 Å². The quantitative estimate of drug-likeness (QED) is 0.879. The Morgan fingerprint density at radius 3 is 2.92 bits per heavy atom. The van der Waals surface area contributed by atoms with Crippen molar-refractivity contribution in [2.24, 2.45) is 5.41 Å². The number of nitrogens with two attached hydrogens (primary N) is 1. The molecule has 0 aromatic carbocycles. The van der Waals surface area contributed by atoms with Gasteiger partial charge in [0.1, 0.15) is 5.82 Å². The van der Waals surface area contributed by atoms with E-state index in [1.165, 1.54) is 6.20 Å². The molecule has 2 fully saturated rings. The molecular weight excluding hydrogens is 308 g/mol. The summed E-state index contributed by atoms with van der Waals surface area (Å²) in [5.74, 6) is 0.471. The van der Waals surface area contributed by atoms with Gasteiger partial charge in [0.05, 0.1) is 17.6 Å². The normalized spacial score (nSPS) is 24.0. The van der Waals surface area contributed by atoms with E-state index >= 15 is 0 Å². The number of nitrogens with zero attached hydrogens (tertiary/aromatic N) is 3. The summed E-state index contributed by atoms with van der Waals surface area (Å²) < 4.78 is 5.10. The van der Waals surface area contributed by atoms with E-state index in [-0.39, 0.29) is 11.8 Å². The lowest BCUT2D eigenvalue weighted by Crippen LogP contribution is -2.51. The number of hydrogen-bond acceptors (Lipinski definition) is 5. The van der Waals surface area contributed by atoms with E-state index in [0.717, 1.165) is 25.8 Å². The largest absolute Gasteiger partial charge is 0.384 e. The summed E-state index contributed by atoms with van der Waals surface area (Å²) in [6.45, 7) is 3.03. The Kier molecular flexibility index (Phi) is 4.71. The third-order valence-electron chi connectivity index (χ3n) is 5.06. The van der Waals surface area contributed by atoms with Crippen LogP contribution in [0.15, 0.2) is 18.3 Å². The van der Waals surface area contributed by atoms with Gasteiger partial charge in [0, 0.05) is 39.5 Å². The highest BCUT2D eigenvalue weighted by Gasteiger charge is 2.49. The van der Waals surface area contributed by atoms with Gasteiger partial charge in [0.15, 0.2) is 0 Å². The summed E-state index contributed by atoms with van der Waals surface area (Å²) in [6, 6.07) is 3.31. The van der Waals surface area contributed by atoms with Gasteiger partial charge >= 0.3 is 0 Å². The second-order valence-corrected chi connectivity index (χ2v) is 6.62. The fourth-order valence-electron chi connectivity index (χ4n) is 3.71. The number of likely N-dealkylation sites (tertiary alicyclic amines) is 2. The van der Waals surface area contributed by atoms with Crippen LogP contribution in [0.25, 0.3) is 0 Å². The highest BCUT2D eigenvalue weighted by molar-refractivity contribution is 5.95. The Bertz CT molecular complexity index is 619. The Labute approximate surface area is 141 Å². The molecule has 1 atom stereocenters. The SMILES string of the molecule is COCCN1CCC[C@]2(CCN(C(=O)c3ccc(N)nc3)C2)C1=O. The Morgan fingerprint density at radius 1 is 1.38 bits per heavy atom. The fourth-order valence-corrected chi connectivity index (χ4v) is 3.71. The van der Waals surface area contributed by atoms with Gasteiger partial charge in [0.2, 0.25) is 5.91 Å². The highest BCUT2D eigenvalue weighted by atomic mass is 16.5. The fraction of sp³-hybridized carbons (Fsp3) is 0.588. The van der Waals surface area contributed by atoms with Gasteiger partial charge in [-0.25, -0.2) is 4.98 Å². The van der Waals surface area contributed by atoms with Gasteiger partial charge in [0.25, 0.3) is 5.91 Å². The number of carbonyl (C=O) groups is 2. The number of pyridine rings is 1. The molecule has 2 N–H and O–H groups in total. The standard InChI is InChI=1S/C17H24N4O3/c1-24-10-9-20-7-2-5-17(16(20)23)6-8-21(12-17)15(22)13-3-4-14(18)19-11-13/h3-4,11H,2,5-10,12H2,1H3,(H2,18,19)/t17-/m1/s1. The maximum absolute atomic E-state index is 12.9. The number of methoxy groups -OCH3 is 1. The third kappa shape index (κ3) is 3.08. The van der Waals surface area contributed by atoms with Crippen LogP contribution in [0.5, 0.6) is 0 Å². The average molecular weight is 332 g/mol. The molecule has 2 saturated heterocycles. The van der Waals surface area contributed by atoms with E-state index in [1.807, 2.05) is 4.90 Å². The van der Waals surface area contributed by atoms with Gasteiger partial charge < -0.3 is 20.3 Å². The van der Waals surface area contributed by atoms with E-state index in [2.05, 4.69) is 4.98 Å². The molecule has 2 aliphatic heterocycles. The van der Waals surface area contributed by atoms with Crippen molar-refractivity contribution in [2.45, 2.75) is 19.3 Å². The van der Waals surface area contributed by atoms with Gasteiger partial charge in [-0.05, 0) is 31.4 Å². The predicted molar refractivity (Wildman–Crippen MR) is 89.3 cm³/mol. The van der Waals surface area contributed by atoms with Gasteiger partial charge in [-0.3, -0.25) is 9.59 Å².